The maximum absolute atomic E-state index is 10.8. The summed E-state index contributed by atoms with van der Waals surface area (Å²) >= 11 is 0. The number of hydrogen-bond donors (Lipinski definition) is 2. The number of hydrogen-bond acceptors (Lipinski definition) is 6. The maximum atomic E-state index is 10.8. The van der Waals surface area contributed by atoms with Crippen LogP contribution in [-0.2, 0) is 4.74 Å². The van der Waals surface area contributed by atoms with Gasteiger partial charge in [0.1, 0.15) is 0 Å². The number of nitro groups is 1. The highest BCUT2D eigenvalue weighted by molar-refractivity contribution is 6.02. The third kappa shape index (κ3) is 2.64. The van der Waals surface area contributed by atoms with Crippen LogP contribution in [0.2, 0.25) is 0 Å². The van der Waals surface area contributed by atoms with Crippen molar-refractivity contribution in [2.45, 2.75) is 12.5 Å². The summed E-state index contributed by atoms with van der Waals surface area (Å²) in [6.45, 7) is 1.27. The number of anilines is 1. The molecule has 1 fully saturated rings. The van der Waals surface area contributed by atoms with Crippen molar-refractivity contribution in [1.29, 1.82) is 0 Å². The molecule has 1 aliphatic heterocycles. The zero-order valence-electron chi connectivity index (χ0n) is 11.0. The SMILES string of the molecule is CN(c1ccc([N+](=O)[O-])cc1/C(N)=N/O)C1CCOC1. The molecule has 1 aromatic rings. The van der Waals surface area contributed by atoms with Crippen molar-refractivity contribution < 1.29 is 14.9 Å². The van der Waals surface area contributed by atoms with E-state index < -0.39 is 4.92 Å². The zero-order valence-corrected chi connectivity index (χ0v) is 11.0. The van der Waals surface area contributed by atoms with Gasteiger partial charge in [0.05, 0.1) is 23.1 Å². The van der Waals surface area contributed by atoms with Crippen LogP contribution in [0.5, 0.6) is 0 Å². The summed E-state index contributed by atoms with van der Waals surface area (Å²) in [5.41, 5.74) is 6.51. The Morgan fingerprint density at radius 3 is 2.95 bits per heavy atom. The quantitative estimate of drug-likeness (QED) is 0.278. The minimum atomic E-state index is -0.517. The minimum absolute atomic E-state index is 0.105. The zero-order chi connectivity index (χ0) is 14.7. The second kappa shape index (κ2) is 5.74. The van der Waals surface area contributed by atoms with Crippen LogP contribution >= 0.6 is 0 Å². The molecule has 1 aromatic carbocycles. The molecule has 0 amide bonds. The van der Waals surface area contributed by atoms with Crippen molar-refractivity contribution in [3.8, 4) is 0 Å². The van der Waals surface area contributed by atoms with Crippen LogP contribution in [0, 0.1) is 10.1 Å². The first kappa shape index (κ1) is 14.1. The molecule has 0 aromatic heterocycles. The van der Waals surface area contributed by atoms with Crippen molar-refractivity contribution in [3.63, 3.8) is 0 Å². The summed E-state index contributed by atoms with van der Waals surface area (Å²) in [5.74, 6) is -0.158. The highest BCUT2D eigenvalue weighted by Crippen LogP contribution is 2.27. The molecule has 2 rings (SSSR count). The van der Waals surface area contributed by atoms with E-state index >= 15 is 0 Å². The molecule has 8 heteroatoms. The number of nitrogens with two attached hydrogens (primary N) is 1. The van der Waals surface area contributed by atoms with E-state index in [4.69, 9.17) is 15.7 Å². The molecule has 0 bridgehead atoms. The molecule has 1 aliphatic rings. The number of likely N-dealkylation sites (N-methyl/N-ethyl adjacent to an activating group) is 1. The lowest BCUT2D eigenvalue weighted by molar-refractivity contribution is -0.384. The third-order valence-corrected chi connectivity index (χ3v) is 3.41. The smallest absolute Gasteiger partial charge is 0.270 e. The van der Waals surface area contributed by atoms with Crippen LogP contribution in [0.15, 0.2) is 23.4 Å². The van der Waals surface area contributed by atoms with Crippen molar-refractivity contribution in [2.24, 2.45) is 10.9 Å². The Morgan fingerprint density at radius 2 is 2.40 bits per heavy atom. The Morgan fingerprint density at radius 1 is 1.65 bits per heavy atom. The Balaban J connectivity index is 2.43. The lowest BCUT2D eigenvalue weighted by atomic mass is 10.1. The fourth-order valence-corrected chi connectivity index (χ4v) is 2.23. The van der Waals surface area contributed by atoms with E-state index in [-0.39, 0.29) is 17.6 Å². The van der Waals surface area contributed by atoms with Gasteiger partial charge < -0.3 is 20.6 Å². The fourth-order valence-electron chi connectivity index (χ4n) is 2.23. The van der Waals surface area contributed by atoms with E-state index in [1.54, 1.807) is 6.07 Å². The Kier molecular flexibility index (Phi) is 4.04. The minimum Gasteiger partial charge on any atom is -0.409 e. The van der Waals surface area contributed by atoms with Crippen LogP contribution in [0.25, 0.3) is 0 Å². The molecular weight excluding hydrogens is 264 g/mol. The summed E-state index contributed by atoms with van der Waals surface area (Å²) in [7, 11) is 1.86. The van der Waals surface area contributed by atoms with E-state index in [0.29, 0.717) is 24.5 Å². The van der Waals surface area contributed by atoms with Gasteiger partial charge in [0.15, 0.2) is 5.84 Å². The molecule has 0 aliphatic carbocycles. The number of ether oxygens (including phenoxy) is 1. The van der Waals surface area contributed by atoms with Crippen LogP contribution in [0.4, 0.5) is 11.4 Å². The van der Waals surface area contributed by atoms with E-state index in [0.717, 1.165) is 6.42 Å². The number of rotatable bonds is 4. The van der Waals surface area contributed by atoms with Gasteiger partial charge in [-0.05, 0) is 12.5 Å². The summed E-state index contributed by atoms with van der Waals surface area (Å²) in [5, 5.41) is 22.6. The average molecular weight is 280 g/mol. The van der Waals surface area contributed by atoms with Gasteiger partial charge in [-0.15, -0.1) is 0 Å². The molecular formula is C12H16N4O4. The summed E-state index contributed by atoms with van der Waals surface area (Å²) in [6, 6.07) is 4.47. The summed E-state index contributed by atoms with van der Waals surface area (Å²) < 4.78 is 5.33. The van der Waals surface area contributed by atoms with E-state index in [9.17, 15) is 10.1 Å². The molecule has 1 unspecified atom stereocenters. The predicted molar refractivity (Wildman–Crippen MR) is 73.2 cm³/mol. The maximum Gasteiger partial charge on any atom is 0.270 e. The number of oxime groups is 1. The van der Waals surface area contributed by atoms with E-state index in [2.05, 4.69) is 5.16 Å². The summed E-state index contributed by atoms with van der Waals surface area (Å²) in [4.78, 5) is 12.2. The molecule has 3 N–H and O–H groups in total. The molecule has 1 saturated heterocycles. The number of amidine groups is 1. The number of nitro benzene ring substituents is 1. The van der Waals surface area contributed by atoms with Crippen molar-refractivity contribution in [1.82, 2.24) is 0 Å². The normalized spacial score (nSPS) is 19.1. The molecule has 20 heavy (non-hydrogen) atoms. The number of non-ortho nitro benzene ring substituents is 1. The monoisotopic (exact) mass is 280 g/mol. The Bertz CT molecular complexity index is 540. The van der Waals surface area contributed by atoms with Gasteiger partial charge in [0.2, 0.25) is 0 Å². The lowest BCUT2D eigenvalue weighted by Gasteiger charge is -2.27. The number of benzene rings is 1. The summed E-state index contributed by atoms with van der Waals surface area (Å²) in [6.07, 6.45) is 0.864. The van der Waals surface area contributed by atoms with Crippen molar-refractivity contribution in [3.05, 3.63) is 33.9 Å². The van der Waals surface area contributed by atoms with Gasteiger partial charge in [-0.3, -0.25) is 10.1 Å². The van der Waals surface area contributed by atoms with Crippen LogP contribution in [0.3, 0.4) is 0 Å². The highest BCUT2D eigenvalue weighted by Gasteiger charge is 2.24. The first-order valence-corrected chi connectivity index (χ1v) is 6.11. The number of nitrogens with zero attached hydrogens (tertiary/aromatic N) is 3. The second-order valence-corrected chi connectivity index (χ2v) is 4.57. The van der Waals surface area contributed by atoms with Gasteiger partial charge in [-0.25, -0.2) is 0 Å². The molecule has 0 radical (unpaired) electrons. The van der Waals surface area contributed by atoms with Gasteiger partial charge >= 0.3 is 0 Å². The molecule has 0 spiro atoms. The molecule has 0 saturated carbocycles. The van der Waals surface area contributed by atoms with Crippen molar-refractivity contribution in [2.75, 3.05) is 25.2 Å². The largest absolute Gasteiger partial charge is 0.409 e. The van der Waals surface area contributed by atoms with Crippen LogP contribution < -0.4 is 10.6 Å². The van der Waals surface area contributed by atoms with Crippen LogP contribution in [0.1, 0.15) is 12.0 Å². The molecule has 8 nitrogen and oxygen atoms in total. The Labute approximate surface area is 115 Å². The van der Waals surface area contributed by atoms with E-state index in [1.165, 1.54) is 12.1 Å². The molecule has 1 heterocycles. The fraction of sp³-hybridized carbons (Fsp3) is 0.417. The van der Waals surface area contributed by atoms with E-state index in [1.807, 2.05) is 11.9 Å². The predicted octanol–water partition coefficient (Wildman–Crippen LogP) is 0.914. The highest BCUT2D eigenvalue weighted by atomic mass is 16.6. The lowest BCUT2D eigenvalue weighted by Crippen LogP contribution is -2.33. The first-order chi connectivity index (χ1) is 9.54. The van der Waals surface area contributed by atoms with Crippen LogP contribution in [-0.4, -0.2) is 42.3 Å². The molecule has 1 atom stereocenters. The van der Waals surface area contributed by atoms with Gasteiger partial charge in [-0.2, -0.15) is 0 Å². The molecule has 108 valence electrons. The third-order valence-electron chi connectivity index (χ3n) is 3.41. The average Bonchev–Trinajstić information content (AvgIpc) is 2.99. The topological polar surface area (TPSA) is 114 Å². The second-order valence-electron chi connectivity index (χ2n) is 4.57. The van der Waals surface area contributed by atoms with Crippen molar-refractivity contribution >= 4 is 17.2 Å². The van der Waals surface area contributed by atoms with Gasteiger partial charge in [-0.1, -0.05) is 5.16 Å². The standard InChI is InChI=1S/C12H16N4O4/c1-15(9-4-5-20-7-9)11-3-2-8(16(18)19)6-10(11)12(13)14-17/h2-3,6,9,17H,4-5,7H2,1H3,(H2,13,14). The van der Waals surface area contributed by atoms with Gasteiger partial charge in [0, 0.05) is 31.5 Å². The first-order valence-electron chi connectivity index (χ1n) is 6.11. The Hall–Kier alpha value is -2.35. The van der Waals surface area contributed by atoms with Gasteiger partial charge in [0.25, 0.3) is 5.69 Å².